The Morgan fingerprint density at radius 1 is 1.19 bits per heavy atom. The zero-order chi connectivity index (χ0) is 15.1. The maximum atomic E-state index is 13.5. The summed E-state index contributed by atoms with van der Waals surface area (Å²) >= 11 is 0. The van der Waals surface area contributed by atoms with Crippen molar-refractivity contribution in [1.29, 1.82) is 0 Å². The molecule has 0 aliphatic rings. The van der Waals surface area contributed by atoms with Gasteiger partial charge < -0.3 is 10.1 Å². The minimum Gasteiger partial charge on any atom is -0.478 e. The number of imidazole rings is 1. The number of aromatic nitrogens is 2. The average molecular weight is 284 g/mol. The molecule has 2 aromatic carbocycles. The van der Waals surface area contributed by atoms with Crippen molar-refractivity contribution in [2.24, 2.45) is 0 Å². The van der Waals surface area contributed by atoms with Gasteiger partial charge in [-0.3, -0.25) is 0 Å². The number of fused-ring (bicyclic) bond motifs is 1. The molecule has 0 aliphatic carbocycles. The molecule has 0 radical (unpaired) electrons. The van der Waals surface area contributed by atoms with Crippen LogP contribution in [0.5, 0.6) is 0 Å². The molecule has 0 unspecified atom stereocenters. The van der Waals surface area contributed by atoms with Gasteiger partial charge in [-0.15, -0.1) is 0 Å². The van der Waals surface area contributed by atoms with E-state index in [2.05, 4.69) is 9.97 Å². The topological polar surface area (TPSA) is 66.0 Å². The predicted molar refractivity (Wildman–Crippen MR) is 77.9 cm³/mol. The Bertz CT molecular complexity index is 868. The fourth-order valence-electron chi connectivity index (χ4n) is 2.27. The number of H-pyrrole nitrogens is 1. The lowest BCUT2D eigenvalue weighted by Gasteiger charge is -2.02. The number of aryl methyl sites for hydroxylation is 2. The highest BCUT2D eigenvalue weighted by atomic mass is 19.1. The number of aromatic carboxylic acids is 1. The van der Waals surface area contributed by atoms with E-state index in [0.29, 0.717) is 11.3 Å². The lowest BCUT2D eigenvalue weighted by atomic mass is 10.1. The fourth-order valence-corrected chi connectivity index (χ4v) is 2.27. The van der Waals surface area contributed by atoms with Gasteiger partial charge in [-0.25, -0.2) is 14.2 Å². The maximum Gasteiger partial charge on any atom is 0.338 e. The zero-order valence-corrected chi connectivity index (χ0v) is 11.6. The van der Waals surface area contributed by atoms with E-state index in [0.717, 1.165) is 22.8 Å². The van der Waals surface area contributed by atoms with Crippen LogP contribution in [-0.2, 0) is 0 Å². The number of carboxylic acids is 1. The smallest absolute Gasteiger partial charge is 0.338 e. The molecule has 0 bridgehead atoms. The number of nitrogens with one attached hydrogen (secondary N) is 1. The molecular weight excluding hydrogens is 271 g/mol. The third kappa shape index (κ3) is 2.27. The highest BCUT2D eigenvalue weighted by molar-refractivity contribution is 6.01. The second-order valence-electron chi connectivity index (χ2n) is 5.04. The van der Waals surface area contributed by atoms with Crippen LogP contribution in [0.4, 0.5) is 4.39 Å². The van der Waals surface area contributed by atoms with Crippen LogP contribution in [0.1, 0.15) is 21.5 Å². The molecule has 0 atom stereocenters. The van der Waals surface area contributed by atoms with Crippen molar-refractivity contribution in [3.63, 3.8) is 0 Å². The van der Waals surface area contributed by atoms with Crippen LogP contribution in [0.2, 0.25) is 0 Å². The van der Waals surface area contributed by atoms with E-state index in [1.807, 2.05) is 32.0 Å². The summed E-state index contributed by atoms with van der Waals surface area (Å²) in [7, 11) is 0. The molecule has 1 heterocycles. The minimum atomic E-state index is -1.20. The van der Waals surface area contributed by atoms with Crippen LogP contribution in [0.3, 0.4) is 0 Å². The lowest BCUT2D eigenvalue weighted by molar-refractivity contribution is 0.0698. The van der Waals surface area contributed by atoms with Gasteiger partial charge >= 0.3 is 5.97 Å². The molecule has 3 rings (SSSR count). The van der Waals surface area contributed by atoms with Gasteiger partial charge in [-0.05, 0) is 43.2 Å². The Balaban J connectivity index is 2.23. The molecule has 5 heteroatoms. The summed E-state index contributed by atoms with van der Waals surface area (Å²) in [5.41, 5.74) is 3.60. The quantitative estimate of drug-likeness (QED) is 0.754. The number of rotatable bonds is 2. The molecule has 0 amide bonds. The number of hydrogen-bond donors (Lipinski definition) is 2. The second kappa shape index (κ2) is 4.70. The molecule has 0 saturated carbocycles. The molecule has 0 spiro atoms. The van der Waals surface area contributed by atoms with Crippen LogP contribution in [0.15, 0.2) is 30.3 Å². The first-order chi connectivity index (χ1) is 9.95. The summed E-state index contributed by atoms with van der Waals surface area (Å²) in [6.07, 6.45) is 0. The van der Waals surface area contributed by atoms with Crippen LogP contribution < -0.4 is 0 Å². The molecular formula is C16H13FN2O2. The van der Waals surface area contributed by atoms with Gasteiger partial charge in [0.2, 0.25) is 0 Å². The monoisotopic (exact) mass is 284 g/mol. The van der Waals surface area contributed by atoms with Gasteiger partial charge in [0.05, 0.1) is 11.1 Å². The molecule has 2 N–H and O–H groups in total. The summed E-state index contributed by atoms with van der Waals surface area (Å²) in [6.45, 7) is 4.00. The Morgan fingerprint density at radius 3 is 2.62 bits per heavy atom. The van der Waals surface area contributed by atoms with E-state index in [4.69, 9.17) is 5.11 Å². The van der Waals surface area contributed by atoms with Crippen molar-refractivity contribution < 1.29 is 14.3 Å². The highest BCUT2D eigenvalue weighted by Gasteiger charge is 2.15. The zero-order valence-electron chi connectivity index (χ0n) is 11.6. The molecule has 0 saturated heterocycles. The van der Waals surface area contributed by atoms with Crippen molar-refractivity contribution in [3.05, 3.63) is 52.8 Å². The van der Waals surface area contributed by atoms with Crippen LogP contribution in [0, 0.1) is 19.7 Å². The van der Waals surface area contributed by atoms with Gasteiger partial charge in [0, 0.05) is 5.56 Å². The number of carboxylic acid groups (broad SMARTS) is 1. The third-order valence-corrected chi connectivity index (χ3v) is 3.56. The SMILES string of the molecule is Cc1ccc(-c2nc3c(C(=O)O)cc(F)cc3[nH]2)cc1C. The first-order valence-corrected chi connectivity index (χ1v) is 6.46. The van der Waals surface area contributed by atoms with E-state index < -0.39 is 11.8 Å². The van der Waals surface area contributed by atoms with Crippen molar-refractivity contribution in [2.45, 2.75) is 13.8 Å². The van der Waals surface area contributed by atoms with Crippen LogP contribution in [-0.4, -0.2) is 21.0 Å². The molecule has 3 aromatic rings. The minimum absolute atomic E-state index is 0.142. The van der Waals surface area contributed by atoms with Crippen molar-refractivity contribution in [3.8, 4) is 11.4 Å². The largest absolute Gasteiger partial charge is 0.478 e. The molecule has 106 valence electrons. The number of halogens is 1. The van der Waals surface area contributed by atoms with Crippen molar-refractivity contribution in [2.75, 3.05) is 0 Å². The van der Waals surface area contributed by atoms with E-state index >= 15 is 0 Å². The summed E-state index contributed by atoms with van der Waals surface area (Å²) in [5, 5.41) is 9.15. The van der Waals surface area contributed by atoms with Gasteiger partial charge in [0.15, 0.2) is 0 Å². The number of benzene rings is 2. The lowest BCUT2D eigenvalue weighted by Crippen LogP contribution is -1.98. The van der Waals surface area contributed by atoms with E-state index in [1.54, 1.807) is 0 Å². The summed E-state index contributed by atoms with van der Waals surface area (Å²) in [6, 6.07) is 8.06. The average Bonchev–Trinajstić information content (AvgIpc) is 2.84. The molecule has 1 aromatic heterocycles. The number of carbonyl (C=O) groups is 1. The Hall–Kier alpha value is -2.69. The molecule has 21 heavy (non-hydrogen) atoms. The van der Waals surface area contributed by atoms with Crippen LogP contribution >= 0.6 is 0 Å². The van der Waals surface area contributed by atoms with Gasteiger partial charge in [0.25, 0.3) is 0 Å². The Kier molecular flexibility index (Phi) is 2.97. The number of hydrogen-bond acceptors (Lipinski definition) is 2. The summed E-state index contributed by atoms with van der Waals surface area (Å²) in [4.78, 5) is 18.5. The van der Waals surface area contributed by atoms with Gasteiger partial charge in [0.1, 0.15) is 17.2 Å². The number of nitrogens with zero attached hydrogens (tertiary/aromatic N) is 1. The number of aromatic amines is 1. The normalized spacial score (nSPS) is 11.0. The van der Waals surface area contributed by atoms with E-state index in [-0.39, 0.29) is 11.1 Å². The second-order valence-corrected chi connectivity index (χ2v) is 5.04. The summed E-state index contributed by atoms with van der Waals surface area (Å²) in [5.74, 6) is -1.27. The molecule has 4 nitrogen and oxygen atoms in total. The maximum absolute atomic E-state index is 13.5. The Morgan fingerprint density at radius 2 is 1.95 bits per heavy atom. The Labute approximate surface area is 120 Å². The third-order valence-electron chi connectivity index (χ3n) is 3.56. The van der Waals surface area contributed by atoms with Gasteiger partial charge in [-0.2, -0.15) is 0 Å². The van der Waals surface area contributed by atoms with Gasteiger partial charge in [-0.1, -0.05) is 12.1 Å². The fraction of sp³-hybridized carbons (Fsp3) is 0.125. The van der Waals surface area contributed by atoms with Crippen molar-refractivity contribution in [1.82, 2.24) is 9.97 Å². The van der Waals surface area contributed by atoms with E-state index in [9.17, 15) is 9.18 Å². The molecule has 0 fully saturated rings. The standard InChI is InChI=1S/C16H13FN2O2/c1-8-3-4-10(5-9(8)2)15-18-13-7-11(17)6-12(16(20)21)14(13)19-15/h3-7H,1-2H3,(H,18,19)(H,20,21). The highest BCUT2D eigenvalue weighted by Crippen LogP contribution is 2.25. The van der Waals surface area contributed by atoms with E-state index in [1.165, 1.54) is 6.07 Å². The predicted octanol–water partition coefficient (Wildman–Crippen LogP) is 3.68. The molecule has 0 aliphatic heterocycles. The first kappa shape index (κ1) is 13.3. The van der Waals surface area contributed by atoms with Crippen molar-refractivity contribution >= 4 is 17.0 Å². The summed E-state index contributed by atoms with van der Waals surface area (Å²) < 4.78 is 13.5. The van der Waals surface area contributed by atoms with Crippen LogP contribution in [0.25, 0.3) is 22.4 Å². The first-order valence-electron chi connectivity index (χ1n) is 6.46.